The van der Waals surface area contributed by atoms with Crippen molar-refractivity contribution in [1.29, 1.82) is 0 Å². The quantitative estimate of drug-likeness (QED) is 0.219. The summed E-state index contributed by atoms with van der Waals surface area (Å²) in [7, 11) is 0.558. The number of nitrogens with zero attached hydrogens (tertiary/aromatic N) is 4. The van der Waals surface area contributed by atoms with Gasteiger partial charge in [0, 0.05) is 41.8 Å². The number of rotatable bonds is 7. The molecular weight excluding hydrogens is 488 g/mol. The molecule has 4 rings (SSSR count). The number of carbonyl (C=O) groups is 1. The first-order chi connectivity index (χ1) is 16.5. The fraction of sp³-hybridized carbons (Fsp3) is 0.320. The molecule has 0 bridgehead atoms. The zero-order valence-corrected chi connectivity index (χ0v) is 21.8. The summed E-state index contributed by atoms with van der Waals surface area (Å²) in [6.07, 6.45) is 5.69. The molecular formula is C25H27ClN4O2S2. The highest BCUT2D eigenvalue weighted by Gasteiger charge is 2.32. The van der Waals surface area contributed by atoms with Crippen LogP contribution in [-0.2, 0) is 11.0 Å². The molecule has 0 saturated carbocycles. The molecule has 6 nitrogen and oxygen atoms in total. The number of halogens is 1. The number of thioether (sulfide) groups is 1. The summed E-state index contributed by atoms with van der Waals surface area (Å²) in [5.41, 5.74) is 3.29. The topological polar surface area (TPSA) is 66.4 Å². The van der Waals surface area contributed by atoms with Gasteiger partial charge < -0.3 is 4.90 Å². The second kappa shape index (κ2) is 11.0. The van der Waals surface area contributed by atoms with Crippen LogP contribution in [-0.4, -0.2) is 50.7 Å². The lowest BCUT2D eigenvalue weighted by atomic mass is 10.1. The predicted octanol–water partition coefficient (Wildman–Crippen LogP) is 6.00. The van der Waals surface area contributed by atoms with Crippen molar-refractivity contribution in [1.82, 2.24) is 14.3 Å². The number of unbranched alkanes of at least 4 members (excludes halogenated alkanes) is 1. The Labute approximate surface area is 212 Å². The lowest BCUT2D eigenvalue weighted by Gasteiger charge is -2.30. The molecule has 0 N–H and O–H groups in total. The minimum atomic E-state index is -1.38. The molecule has 0 radical (unpaired) electrons. The second-order valence-corrected chi connectivity index (χ2v) is 10.9. The van der Waals surface area contributed by atoms with E-state index in [1.54, 1.807) is 17.8 Å². The van der Waals surface area contributed by atoms with E-state index in [4.69, 9.17) is 11.6 Å². The maximum absolute atomic E-state index is 13.8. The molecule has 0 saturated heterocycles. The van der Waals surface area contributed by atoms with Gasteiger partial charge in [0.25, 0.3) is 0 Å². The van der Waals surface area contributed by atoms with Crippen LogP contribution >= 0.6 is 23.4 Å². The van der Waals surface area contributed by atoms with Gasteiger partial charge >= 0.3 is 0 Å². The minimum Gasteiger partial charge on any atom is -0.339 e. The van der Waals surface area contributed by atoms with Crippen LogP contribution in [0.2, 0.25) is 5.15 Å². The molecule has 9 heteroatoms. The first kappa shape index (κ1) is 24.9. The van der Waals surface area contributed by atoms with Gasteiger partial charge in [-0.1, -0.05) is 49.6 Å². The first-order valence-electron chi connectivity index (χ1n) is 11.2. The lowest BCUT2D eigenvalue weighted by Crippen LogP contribution is -2.38. The number of benzene rings is 2. The van der Waals surface area contributed by atoms with Crippen LogP contribution in [0.1, 0.15) is 36.8 Å². The number of fused-ring (bicyclic) bond motifs is 1. The maximum atomic E-state index is 13.8. The van der Waals surface area contributed by atoms with Crippen LogP contribution in [0.5, 0.6) is 0 Å². The monoisotopic (exact) mass is 514 g/mol. The number of para-hydroxylation sites is 1. The number of carbonyl (C=O) groups excluding carboxylic acids is 1. The predicted molar refractivity (Wildman–Crippen MR) is 141 cm³/mol. The molecule has 34 heavy (non-hydrogen) atoms. The van der Waals surface area contributed by atoms with Crippen LogP contribution in [0.3, 0.4) is 0 Å². The van der Waals surface area contributed by atoms with E-state index in [2.05, 4.69) is 40.0 Å². The molecule has 3 aromatic rings. The Morgan fingerprint density at radius 3 is 2.65 bits per heavy atom. The third-order valence-electron chi connectivity index (χ3n) is 5.98. The Bertz CT molecular complexity index is 1210. The SMILES string of the molecule is CCCCC1CN(c2ccccc2)c2cc(SC)c(-c3cc(Cl)nc(C=O)n3)cc2S(=O)N1C. The van der Waals surface area contributed by atoms with E-state index < -0.39 is 11.0 Å². The molecule has 0 aliphatic carbocycles. The molecule has 0 spiro atoms. The number of hydrogen-bond acceptors (Lipinski definition) is 6. The molecule has 0 amide bonds. The smallest absolute Gasteiger partial charge is 0.194 e. The van der Waals surface area contributed by atoms with Crippen molar-refractivity contribution in [2.75, 3.05) is 24.7 Å². The number of likely N-dealkylation sites (N-methyl/N-ethyl adjacent to an activating group) is 1. The van der Waals surface area contributed by atoms with Crippen LogP contribution in [0.4, 0.5) is 11.4 Å². The standard InChI is InChI=1S/C25H27ClN4O2S2/c1-4-5-9-18-15-30(17-10-7-6-8-11-17)21-14-22(33-3)19(12-23(21)34(32)29(18)2)20-13-24(26)28-25(16-31)27-20/h6-8,10-14,16,18H,4-5,9,15H2,1-3H3. The molecule has 2 unspecified atom stereocenters. The summed E-state index contributed by atoms with van der Waals surface area (Å²) >= 11 is 7.75. The summed E-state index contributed by atoms with van der Waals surface area (Å²) < 4.78 is 15.8. The zero-order chi connectivity index (χ0) is 24.2. The zero-order valence-electron chi connectivity index (χ0n) is 19.4. The molecule has 0 fully saturated rings. The van der Waals surface area contributed by atoms with E-state index in [1.165, 1.54) is 0 Å². The minimum absolute atomic E-state index is 0.0216. The Morgan fingerprint density at radius 2 is 1.97 bits per heavy atom. The van der Waals surface area contributed by atoms with E-state index in [9.17, 15) is 9.00 Å². The molecule has 178 valence electrons. The van der Waals surface area contributed by atoms with Crippen molar-refractivity contribution < 1.29 is 9.00 Å². The molecule has 1 aliphatic heterocycles. The van der Waals surface area contributed by atoms with Gasteiger partial charge in [-0.05, 0) is 36.9 Å². The Balaban J connectivity index is 1.92. The first-order valence-corrected chi connectivity index (χ1v) is 13.9. The third-order valence-corrected chi connectivity index (χ3v) is 8.48. The average Bonchev–Trinajstić information content (AvgIpc) is 2.96. The van der Waals surface area contributed by atoms with Crippen LogP contribution in [0.15, 0.2) is 58.3 Å². The molecule has 1 aliphatic rings. The number of aromatic nitrogens is 2. The van der Waals surface area contributed by atoms with Gasteiger partial charge in [0.2, 0.25) is 0 Å². The highest BCUT2D eigenvalue weighted by molar-refractivity contribution is 7.98. The van der Waals surface area contributed by atoms with Crippen LogP contribution in [0.25, 0.3) is 11.3 Å². The van der Waals surface area contributed by atoms with Crippen molar-refractivity contribution in [3.63, 3.8) is 0 Å². The van der Waals surface area contributed by atoms with Crippen molar-refractivity contribution >= 4 is 52.0 Å². The Kier molecular flexibility index (Phi) is 8.03. The van der Waals surface area contributed by atoms with Gasteiger partial charge in [0.15, 0.2) is 12.1 Å². The van der Waals surface area contributed by atoms with Gasteiger partial charge in [-0.15, -0.1) is 11.8 Å². The van der Waals surface area contributed by atoms with Crippen molar-refractivity contribution in [2.45, 2.75) is 42.0 Å². The van der Waals surface area contributed by atoms with Crippen molar-refractivity contribution in [2.24, 2.45) is 0 Å². The fourth-order valence-electron chi connectivity index (χ4n) is 4.17. The Hall–Kier alpha value is -2.26. The van der Waals surface area contributed by atoms with Crippen molar-refractivity contribution in [3.05, 3.63) is 59.5 Å². The fourth-order valence-corrected chi connectivity index (χ4v) is 6.30. The molecule has 2 heterocycles. The number of aldehydes is 1. The summed E-state index contributed by atoms with van der Waals surface area (Å²) in [5.74, 6) is 0.0216. The van der Waals surface area contributed by atoms with Crippen LogP contribution in [0, 0.1) is 0 Å². The van der Waals surface area contributed by atoms with Gasteiger partial charge in [-0.25, -0.2) is 18.5 Å². The van der Waals surface area contributed by atoms with Crippen LogP contribution < -0.4 is 4.90 Å². The van der Waals surface area contributed by atoms with E-state index in [-0.39, 0.29) is 17.0 Å². The molecule has 2 atom stereocenters. The van der Waals surface area contributed by atoms with E-state index in [0.29, 0.717) is 16.9 Å². The normalized spacial score (nSPS) is 18.4. The average molecular weight is 515 g/mol. The highest BCUT2D eigenvalue weighted by atomic mass is 35.5. The number of anilines is 2. The summed E-state index contributed by atoms with van der Waals surface area (Å²) in [6.45, 7) is 2.91. The van der Waals surface area contributed by atoms with Crippen molar-refractivity contribution in [3.8, 4) is 11.3 Å². The molecule has 2 aromatic carbocycles. The van der Waals surface area contributed by atoms with Gasteiger partial charge in [-0.2, -0.15) is 0 Å². The Morgan fingerprint density at radius 1 is 1.21 bits per heavy atom. The lowest BCUT2D eigenvalue weighted by molar-refractivity contribution is 0.111. The third kappa shape index (κ3) is 5.05. The van der Waals surface area contributed by atoms with E-state index in [1.807, 2.05) is 41.9 Å². The van der Waals surface area contributed by atoms with Gasteiger partial charge in [0.1, 0.15) is 16.1 Å². The highest BCUT2D eigenvalue weighted by Crippen LogP contribution is 2.42. The summed E-state index contributed by atoms with van der Waals surface area (Å²) in [4.78, 5) is 23.6. The molecule has 1 aromatic heterocycles. The summed E-state index contributed by atoms with van der Waals surface area (Å²) in [5, 5.41) is 0.192. The maximum Gasteiger partial charge on any atom is 0.194 e. The number of hydrogen-bond donors (Lipinski definition) is 0. The second-order valence-electron chi connectivity index (χ2n) is 8.11. The van der Waals surface area contributed by atoms with E-state index in [0.717, 1.165) is 47.6 Å². The largest absolute Gasteiger partial charge is 0.339 e. The van der Waals surface area contributed by atoms with E-state index >= 15 is 0 Å². The van der Waals surface area contributed by atoms with Gasteiger partial charge in [0.05, 0.1) is 16.3 Å². The van der Waals surface area contributed by atoms with Gasteiger partial charge in [-0.3, -0.25) is 4.79 Å². The summed E-state index contributed by atoms with van der Waals surface area (Å²) in [6, 6.07) is 16.0.